The largest absolute Gasteiger partial charge is 0.354 e. The highest BCUT2D eigenvalue weighted by Gasteiger charge is 2.26. The van der Waals surface area contributed by atoms with E-state index in [1.165, 1.54) is 0 Å². The fourth-order valence-corrected chi connectivity index (χ4v) is 3.76. The number of likely N-dealkylation sites (tertiary alicyclic amines) is 1. The van der Waals surface area contributed by atoms with Gasteiger partial charge in [-0.1, -0.05) is 26.7 Å². The van der Waals surface area contributed by atoms with Crippen molar-refractivity contribution < 1.29 is 9.59 Å². The molecule has 5 nitrogen and oxygen atoms in total. The van der Waals surface area contributed by atoms with Gasteiger partial charge in [-0.3, -0.25) is 9.59 Å². The summed E-state index contributed by atoms with van der Waals surface area (Å²) in [5.41, 5.74) is 0. The van der Waals surface area contributed by atoms with E-state index in [1.54, 1.807) is 0 Å². The normalized spacial score (nSPS) is 26.1. The molecule has 0 radical (unpaired) electrons. The minimum Gasteiger partial charge on any atom is -0.354 e. The summed E-state index contributed by atoms with van der Waals surface area (Å²) < 4.78 is 0. The smallest absolute Gasteiger partial charge is 0.237 e. The Morgan fingerprint density at radius 3 is 2.83 bits per heavy atom. The lowest BCUT2D eigenvalue weighted by atomic mass is 9.96. The zero-order chi connectivity index (χ0) is 16.7. The molecule has 23 heavy (non-hydrogen) atoms. The van der Waals surface area contributed by atoms with Gasteiger partial charge in [-0.15, -0.1) is 0 Å². The second-order valence-corrected chi connectivity index (χ2v) is 7.34. The van der Waals surface area contributed by atoms with Gasteiger partial charge < -0.3 is 15.5 Å². The van der Waals surface area contributed by atoms with Crippen LogP contribution in [0.1, 0.15) is 58.8 Å². The van der Waals surface area contributed by atoms with Crippen LogP contribution in [0, 0.1) is 11.8 Å². The number of carbonyl (C=O) groups is 2. The van der Waals surface area contributed by atoms with Gasteiger partial charge in [-0.05, 0) is 44.1 Å². The Kier molecular flexibility index (Phi) is 7.34. The summed E-state index contributed by atoms with van der Waals surface area (Å²) in [4.78, 5) is 26.5. The summed E-state index contributed by atoms with van der Waals surface area (Å²) in [6.45, 7) is 7.66. The van der Waals surface area contributed by atoms with Gasteiger partial charge in [-0.2, -0.15) is 0 Å². The Labute approximate surface area is 140 Å². The van der Waals surface area contributed by atoms with E-state index < -0.39 is 0 Å². The predicted molar refractivity (Wildman–Crippen MR) is 92.0 cm³/mol. The number of nitrogens with one attached hydrogen (secondary N) is 2. The van der Waals surface area contributed by atoms with Crippen molar-refractivity contribution in [2.45, 2.75) is 64.8 Å². The molecule has 5 heteroatoms. The maximum atomic E-state index is 12.4. The molecule has 2 N–H and O–H groups in total. The lowest BCUT2D eigenvalue weighted by Crippen LogP contribution is -2.46. The van der Waals surface area contributed by atoms with E-state index >= 15 is 0 Å². The Morgan fingerprint density at radius 1 is 1.30 bits per heavy atom. The number of amides is 2. The molecular formula is C18H33N3O2. The predicted octanol–water partition coefficient (Wildman–Crippen LogP) is 1.92. The first kappa shape index (κ1) is 18.2. The van der Waals surface area contributed by atoms with Crippen molar-refractivity contribution in [2.24, 2.45) is 11.8 Å². The zero-order valence-corrected chi connectivity index (χ0v) is 14.8. The first-order chi connectivity index (χ1) is 11.1. The van der Waals surface area contributed by atoms with Gasteiger partial charge in [0.25, 0.3) is 0 Å². The maximum absolute atomic E-state index is 12.4. The molecule has 0 aromatic heterocycles. The minimum atomic E-state index is -0.00813. The molecule has 0 aromatic rings. The van der Waals surface area contributed by atoms with Gasteiger partial charge in [0.05, 0.1) is 6.04 Å². The topological polar surface area (TPSA) is 61.4 Å². The number of nitrogens with zero attached hydrogens (tertiary/aromatic N) is 1. The molecule has 2 aliphatic rings. The van der Waals surface area contributed by atoms with Crippen molar-refractivity contribution in [3.63, 3.8) is 0 Å². The molecular weight excluding hydrogens is 290 g/mol. The van der Waals surface area contributed by atoms with Crippen LogP contribution in [-0.2, 0) is 9.59 Å². The second kappa shape index (κ2) is 9.26. The monoisotopic (exact) mass is 323 g/mol. The van der Waals surface area contributed by atoms with E-state index in [-0.39, 0.29) is 11.9 Å². The lowest BCUT2D eigenvalue weighted by molar-refractivity contribution is -0.133. The van der Waals surface area contributed by atoms with Crippen LogP contribution in [0.25, 0.3) is 0 Å². The van der Waals surface area contributed by atoms with Crippen molar-refractivity contribution in [3.8, 4) is 0 Å². The van der Waals surface area contributed by atoms with Gasteiger partial charge in [0.15, 0.2) is 0 Å². The molecule has 2 heterocycles. The number of rotatable bonds is 7. The molecule has 3 atom stereocenters. The molecule has 0 bridgehead atoms. The molecule has 0 saturated carbocycles. The van der Waals surface area contributed by atoms with E-state index in [0.717, 1.165) is 58.2 Å². The summed E-state index contributed by atoms with van der Waals surface area (Å²) in [5.74, 6) is 1.29. The zero-order valence-electron chi connectivity index (χ0n) is 14.8. The van der Waals surface area contributed by atoms with Gasteiger partial charge in [-0.25, -0.2) is 0 Å². The Hall–Kier alpha value is -1.10. The van der Waals surface area contributed by atoms with E-state index in [4.69, 9.17) is 0 Å². The van der Waals surface area contributed by atoms with Gasteiger partial charge in [0.2, 0.25) is 11.8 Å². The van der Waals surface area contributed by atoms with Crippen LogP contribution >= 0.6 is 0 Å². The maximum Gasteiger partial charge on any atom is 0.237 e. The fourth-order valence-electron chi connectivity index (χ4n) is 3.76. The molecule has 2 rings (SSSR count). The molecule has 0 aliphatic carbocycles. The van der Waals surface area contributed by atoms with Crippen molar-refractivity contribution in [3.05, 3.63) is 0 Å². The van der Waals surface area contributed by atoms with Crippen LogP contribution in [0.2, 0.25) is 0 Å². The summed E-state index contributed by atoms with van der Waals surface area (Å²) >= 11 is 0. The highest BCUT2D eigenvalue weighted by Crippen LogP contribution is 2.19. The van der Waals surface area contributed by atoms with E-state index in [0.29, 0.717) is 30.7 Å². The summed E-state index contributed by atoms with van der Waals surface area (Å²) in [6, 6.07) is -0.00813. The van der Waals surface area contributed by atoms with Gasteiger partial charge in [0.1, 0.15) is 0 Å². The molecule has 132 valence electrons. The Balaban J connectivity index is 1.72. The summed E-state index contributed by atoms with van der Waals surface area (Å²) in [7, 11) is 0. The number of carbonyl (C=O) groups excluding carboxylic acids is 2. The molecule has 0 aromatic carbocycles. The summed E-state index contributed by atoms with van der Waals surface area (Å²) in [6.07, 6.45) is 7.10. The third-order valence-corrected chi connectivity index (χ3v) is 5.12. The molecule has 2 aliphatic heterocycles. The quantitative estimate of drug-likeness (QED) is 0.752. The van der Waals surface area contributed by atoms with Crippen molar-refractivity contribution in [1.29, 1.82) is 0 Å². The van der Waals surface area contributed by atoms with E-state index in [2.05, 4.69) is 24.5 Å². The van der Waals surface area contributed by atoms with Gasteiger partial charge in [0, 0.05) is 26.1 Å². The van der Waals surface area contributed by atoms with Crippen molar-refractivity contribution in [1.82, 2.24) is 15.5 Å². The Morgan fingerprint density at radius 2 is 2.13 bits per heavy atom. The average molecular weight is 323 g/mol. The first-order valence-corrected chi connectivity index (χ1v) is 9.39. The third kappa shape index (κ3) is 5.79. The van der Waals surface area contributed by atoms with Crippen LogP contribution in [-0.4, -0.2) is 48.9 Å². The van der Waals surface area contributed by atoms with E-state index in [9.17, 15) is 9.59 Å². The standard InChI is InChI=1S/C18H33N3O2/c1-3-6-14(2)11-17(22)21-10-5-7-15(13-21)12-20-18(23)16-8-4-9-19-16/h14-16,19H,3-13H2,1-2H3,(H,20,23). The molecule has 2 saturated heterocycles. The molecule has 2 amide bonds. The van der Waals surface area contributed by atoms with Crippen molar-refractivity contribution in [2.75, 3.05) is 26.2 Å². The molecule has 2 fully saturated rings. The molecule has 3 unspecified atom stereocenters. The number of hydrogen-bond donors (Lipinski definition) is 2. The van der Waals surface area contributed by atoms with Crippen LogP contribution in [0.3, 0.4) is 0 Å². The van der Waals surface area contributed by atoms with Crippen LogP contribution in [0.4, 0.5) is 0 Å². The second-order valence-electron chi connectivity index (χ2n) is 7.34. The van der Waals surface area contributed by atoms with Crippen molar-refractivity contribution >= 4 is 11.8 Å². The van der Waals surface area contributed by atoms with Crippen LogP contribution in [0.15, 0.2) is 0 Å². The van der Waals surface area contributed by atoms with Crippen LogP contribution in [0.5, 0.6) is 0 Å². The van der Waals surface area contributed by atoms with Gasteiger partial charge >= 0.3 is 0 Å². The highest BCUT2D eigenvalue weighted by molar-refractivity contribution is 5.82. The fraction of sp³-hybridized carbons (Fsp3) is 0.889. The lowest BCUT2D eigenvalue weighted by Gasteiger charge is -2.33. The highest BCUT2D eigenvalue weighted by atomic mass is 16.2. The summed E-state index contributed by atoms with van der Waals surface area (Å²) in [5, 5.41) is 6.30. The first-order valence-electron chi connectivity index (χ1n) is 9.39. The molecule has 0 spiro atoms. The third-order valence-electron chi connectivity index (χ3n) is 5.12. The SMILES string of the molecule is CCCC(C)CC(=O)N1CCCC(CNC(=O)C2CCCN2)C1. The average Bonchev–Trinajstić information content (AvgIpc) is 3.07. The Bertz CT molecular complexity index is 394. The number of piperidine rings is 1. The van der Waals surface area contributed by atoms with E-state index in [1.807, 2.05) is 4.90 Å². The minimum absolute atomic E-state index is 0.00813. The number of hydrogen-bond acceptors (Lipinski definition) is 3. The van der Waals surface area contributed by atoms with Crippen LogP contribution < -0.4 is 10.6 Å².